The summed E-state index contributed by atoms with van der Waals surface area (Å²) in [5, 5.41) is 18.9. The molecule has 3 fully saturated rings. The average Bonchev–Trinajstić information content (AvgIpc) is 3.44. The van der Waals surface area contributed by atoms with E-state index in [9.17, 15) is 24.4 Å². The number of carbonyl (C=O) groups is 4. The largest absolute Gasteiger partial charge is 0.352 e. The van der Waals surface area contributed by atoms with Gasteiger partial charge >= 0.3 is 0 Å². The maximum Gasteiger partial charge on any atom is 0.250 e. The van der Waals surface area contributed by atoms with Crippen LogP contribution in [0.3, 0.4) is 0 Å². The molecule has 270 valence electrons. The van der Waals surface area contributed by atoms with Crippen LogP contribution in [0.4, 0.5) is 5.69 Å². The second-order valence-corrected chi connectivity index (χ2v) is 14.6. The Morgan fingerprint density at radius 3 is 2.31 bits per heavy atom. The average molecular weight is 702 g/mol. The lowest BCUT2D eigenvalue weighted by Crippen LogP contribution is -2.60. The normalized spacial score (nSPS) is 20.6. The van der Waals surface area contributed by atoms with Crippen LogP contribution in [-0.2, 0) is 38.6 Å². The van der Waals surface area contributed by atoms with Crippen molar-refractivity contribution >= 4 is 29.3 Å². The minimum absolute atomic E-state index is 0.00142. The van der Waals surface area contributed by atoms with Gasteiger partial charge in [-0.25, -0.2) is 0 Å². The second-order valence-electron chi connectivity index (χ2n) is 14.6. The number of likely N-dealkylation sites (tertiary alicyclic amines) is 1. The summed E-state index contributed by atoms with van der Waals surface area (Å²) >= 11 is 0. The van der Waals surface area contributed by atoms with Gasteiger partial charge in [0, 0.05) is 37.8 Å². The number of fused-ring (bicyclic) bond motifs is 1. The fourth-order valence-corrected chi connectivity index (χ4v) is 8.40. The Kier molecular flexibility index (Phi) is 10.5. The molecular weight excluding hydrogens is 654 g/mol. The van der Waals surface area contributed by atoms with E-state index in [-0.39, 0.29) is 42.6 Å². The van der Waals surface area contributed by atoms with Crippen molar-refractivity contribution in [3.8, 4) is 6.07 Å². The molecule has 0 unspecified atom stereocenters. The third-order valence-electron chi connectivity index (χ3n) is 11.3. The van der Waals surface area contributed by atoms with Gasteiger partial charge in [-0.05, 0) is 73.1 Å². The van der Waals surface area contributed by atoms with Gasteiger partial charge in [0.05, 0.1) is 24.3 Å². The summed E-state index contributed by atoms with van der Waals surface area (Å²) in [6, 6.07) is 25.9. The summed E-state index contributed by atoms with van der Waals surface area (Å²) < 4.78 is 0. The maximum absolute atomic E-state index is 14.4. The van der Waals surface area contributed by atoms with Gasteiger partial charge in [0.15, 0.2) is 0 Å². The molecular formula is C41H47N7O4. The van der Waals surface area contributed by atoms with Gasteiger partial charge in [-0.2, -0.15) is 5.26 Å². The summed E-state index contributed by atoms with van der Waals surface area (Å²) in [4.78, 5) is 61.1. The molecule has 2 saturated heterocycles. The van der Waals surface area contributed by atoms with Crippen molar-refractivity contribution < 1.29 is 19.2 Å². The maximum atomic E-state index is 14.4. The zero-order valence-electron chi connectivity index (χ0n) is 29.6. The highest BCUT2D eigenvalue weighted by Crippen LogP contribution is 2.39. The van der Waals surface area contributed by atoms with E-state index in [1.54, 1.807) is 21.9 Å². The molecule has 1 spiro atoms. The second kappa shape index (κ2) is 15.6. The van der Waals surface area contributed by atoms with E-state index in [2.05, 4.69) is 33.0 Å². The molecule has 0 aromatic heterocycles. The first-order chi connectivity index (χ1) is 25.3. The summed E-state index contributed by atoms with van der Waals surface area (Å²) in [7, 11) is 0. The van der Waals surface area contributed by atoms with Crippen LogP contribution >= 0.6 is 0 Å². The molecule has 0 bridgehead atoms. The fourth-order valence-electron chi connectivity index (χ4n) is 8.40. The van der Waals surface area contributed by atoms with E-state index in [4.69, 9.17) is 0 Å². The molecule has 52 heavy (non-hydrogen) atoms. The summed E-state index contributed by atoms with van der Waals surface area (Å²) in [6.07, 6.45) is 6.94. The predicted octanol–water partition coefficient (Wildman–Crippen LogP) is 3.42. The smallest absolute Gasteiger partial charge is 0.250 e. The number of anilines is 1. The number of rotatable bonds is 9. The van der Waals surface area contributed by atoms with Crippen LogP contribution in [0.5, 0.6) is 0 Å². The highest BCUT2D eigenvalue weighted by atomic mass is 16.2. The minimum Gasteiger partial charge on any atom is -0.352 e. The summed E-state index contributed by atoms with van der Waals surface area (Å²) in [5.41, 5.74) is 3.63. The monoisotopic (exact) mass is 701 g/mol. The van der Waals surface area contributed by atoms with Crippen LogP contribution in [0.15, 0.2) is 78.9 Å². The topological polar surface area (TPSA) is 138 Å². The first kappa shape index (κ1) is 35.2. The fraction of sp³-hybridized carbons (Fsp3) is 0.439. The highest BCUT2D eigenvalue weighted by Gasteiger charge is 2.54. The van der Waals surface area contributed by atoms with Crippen LogP contribution in [0.25, 0.3) is 0 Å². The number of para-hydroxylation sites is 1. The Balaban J connectivity index is 1.07. The third kappa shape index (κ3) is 7.53. The number of hydrogen-bond acceptors (Lipinski definition) is 7. The van der Waals surface area contributed by atoms with Gasteiger partial charge in [-0.3, -0.25) is 19.2 Å². The zero-order chi connectivity index (χ0) is 36.1. The molecule has 4 amide bonds. The minimum atomic E-state index is -0.894. The van der Waals surface area contributed by atoms with Gasteiger partial charge in [0.2, 0.25) is 17.7 Å². The van der Waals surface area contributed by atoms with E-state index < -0.39 is 17.6 Å². The molecule has 11 nitrogen and oxygen atoms in total. The van der Waals surface area contributed by atoms with Crippen molar-refractivity contribution in [2.75, 3.05) is 31.2 Å². The number of hydrogen-bond donors (Lipinski definition) is 3. The number of carbonyl (C=O) groups excluding carboxylic acids is 4. The molecule has 11 heteroatoms. The summed E-state index contributed by atoms with van der Waals surface area (Å²) in [5.74, 6) is -0.661. The Morgan fingerprint density at radius 1 is 0.904 bits per heavy atom. The lowest BCUT2D eigenvalue weighted by atomic mass is 9.85. The molecule has 3 N–H and O–H groups in total. The molecule has 2 atom stereocenters. The number of nitrogens with one attached hydrogen (secondary N) is 3. The molecule has 1 saturated carbocycles. The Morgan fingerprint density at radius 2 is 1.60 bits per heavy atom. The van der Waals surface area contributed by atoms with Crippen LogP contribution in [0.2, 0.25) is 0 Å². The standard InChI is InChI=1S/C41H47N7O4/c42-25-30-17-15-29(16-18-30)23-36(45-38(50)35-24-31-9-7-8-10-32(31)26-43-35)39(51)46-21-19-41(20-22-46)40(52)47(28-48(41)34-13-5-2-6-14-34)27-37(49)44-33-11-3-1-4-12-33/h2,5-10,13-18,33,35-36,43H,1,3-4,11-12,19-24,26-28H2,(H,44,49)(H,45,50)/t35-,36-/m1/s1. The van der Waals surface area contributed by atoms with Crippen molar-refractivity contribution in [1.29, 1.82) is 5.26 Å². The number of amides is 4. The zero-order valence-corrected chi connectivity index (χ0v) is 29.6. The molecule has 3 aliphatic heterocycles. The van der Waals surface area contributed by atoms with Gasteiger partial charge in [0.25, 0.3) is 5.91 Å². The first-order valence-corrected chi connectivity index (χ1v) is 18.6. The number of benzene rings is 3. The molecule has 3 aromatic rings. The molecule has 3 heterocycles. The number of nitrogens with zero attached hydrogens (tertiary/aromatic N) is 4. The van der Waals surface area contributed by atoms with E-state index in [1.165, 1.54) is 6.42 Å². The van der Waals surface area contributed by atoms with E-state index in [0.29, 0.717) is 51.1 Å². The predicted molar refractivity (Wildman–Crippen MR) is 197 cm³/mol. The number of piperidine rings is 1. The van der Waals surface area contributed by atoms with E-state index in [0.717, 1.165) is 48.1 Å². The lowest BCUT2D eigenvalue weighted by Gasteiger charge is -2.44. The van der Waals surface area contributed by atoms with Crippen molar-refractivity contribution in [1.82, 2.24) is 25.8 Å². The van der Waals surface area contributed by atoms with Crippen LogP contribution in [-0.4, -0.2) is 83.4 Å². The Hall–Kier alpha value is -5.21. The summed E-state index contributed by atoms with van der Waals surface area (Å²) in [6.45, 7) is 1.52. The van der Waals surface area contributed by atoms with E-state index in [1.807, 2.05) is 60.7 Å². The first-order valence-electron chi connectivity index (χ1n) is 18.6. The van der Waals surface area contributed by atoms with Gasteiger partial charge < -0.3 is 30.7 Å². The highest BCUT2D eigenvalue weighted by molar-refractivity contribution is 5.97. The van der Waals surface area contributed by atoms with Crippen molar-refractivity contribution in [3.63, 3.8) is 0 Å². The Bertz CT molecular complexity index is 1810. The molecule has 0 radical (unpaired) electrons. The van der Waals surface area contributed by atoms with Gasteiger partial charge in [-0.1, -0.05) is 73.9 Å². The van der Waals surface area contributed by atoms with Crippen LogP contribution in [0, 0.1) is 11.3 Å². The van der Waals surface area contributed by atoms with Crippen molar-refractivity contribution in [2.24, 2.45) is 0 Å². The van der Waals surface area contributed by atoms with Crippen molar-refractivity contribution in [2.45, 2.75) is 88.0 Å². The molecule has 1 aliphatic carbocycles. The lowest BCUT2D eigenvalue weighted by molar-refractivity contribution is -0.141. The molecule has 4 aliphatic rings. The van der Waals surface area contributed by atoms with Gasteiger partial charge in [0.1, 0.15) is 18.1 Å². The quantitative estimate of drug-likeness (QED) is 0.311. The van der Waals surface area contributed by atoms with Crippen molar-refractivity contribution in [3.05, 3.63) is 101 Å². The van der Waals surface area contributed by atoms with E-state index >= 15 is 0 Å². The van der Waals surface area contributed by atoms with Crippen LogP contribution in [0.1, 0.15) is 67.2 Å². The van der Waals surface area contributed by atoms with Crippen LogP contribution < -0.4 is 20.9 Å². The molecule has 7 rings (SSSR count). The van der Waals surface area contributed by atoms with Gasteiger partial charge in [-0.15, -0.1) is 0 Å². The molecule has 3 aromatic carbocycles. The Labute approximate surface area is 305 Å². The SMILES string of the molecule is N#Cc1ccc(C[C@@H](NC(=O)[C@H]2Cc3ccccc3CN2)C(=O)N2CCC3(CC2)C(=O)N(CC(=O)NC2CCCCC2)CN3c2ccccc2)cc1. The number of nitriles is 1. The third-order valence-corrected chi connectivity index (χ3v) is 11.3.